The Labute approximate surface area is 97.8 Å². The molecule has 16 heavy (non-hydrogen) atoms. The van der Waals surface area contributed by atoms with E-state index in [1.165, 1.54) is 0 Å². The number of rotatable bonds is 6. The van der Waals surface area contributed by atoms with Gasteiger partial charge in [0.05, 0.1) is 5.92 Å². The van der Waals surface area contributed by atoms with E-state index < -0.39 is 0 Å². The van der Waals surface area contributed by atoms with E-state index in [9.17, 15) is 4.79 Å². The van der Waals surface area contributed by atoms with Gasteiger partial charge in [0.25, 0.3) is 0 Å². The Morgan fingerprint density at radius 3 is 2.81 bits per heavy atom. The van der Waals surface area contributed by atoms with Crippen molar-refractivity contribution in [3.8, 4) is 0 Å². The van der Waals surface area contributed by atoms with Gasteiger partial charge in [-0.1, -0.05) is 20.3 Å². The summed E-state index contributed by atoms with van der Waals surface area (Å²) in [6.45, 7) is 6.83. The molecule has 0 radical (unpaired) electrons. The van der Waals surface area contributed by atoms with Gasteiger partial charge in [-0.15, -0.1) is 0 Å². The Morgan fingerprint density at radius 1 is 1.56 bits per heavy atom. The van der Waals surface area contributed by atoms with Gasteiger partial charge in [-0.2, -0.15) is 0 Å². The SMILES string of the molecule is CCC(CCO)CNC(=O)C1CNCC1C. The number of carbonyl (C=O) groups is 1. The van der Waals surface area contributed by atoms with Crippen molar-refractivity contribution in [2.24, 2.45) is 17.8 Å². The monoisotopic (exact) mass is 228 g/mol. The van der Waals surface area contributed by atoms with E-state index in [2.05, 4.69) is 24.5 Å². The lowest BCUT2D eigenvalue weighted by Crippen LogP contribution is -2.37. The lowest BCUT2D eigenvalue weighted by Gasteiger charge is -2.18. The highest BCUT2D eigenvalue weighted by Crippen LogP contribution is 2.16. The van der Waals surface area contributed by atoms with Crippen molar-refractivity contribution < 1.29 is 9.90 Å². The molecule has 0 spiro atoms. The minimum absolute atomic E-state index is 0.117. The highest BCUT2D eigenvalue weighted by Gasteiger charge is 2.29. The van der Waals surface area contributed by atoms with Crippen LogP contribution in [0.5, 0.6) is 0 Å². The molecule has 0 aromatic rings. The summed E-state index contributed by atoms with van der Waals surface area (Å²) in [6.07, 6.45) is 1.77. The molecule has 1 saturated heterocycles. The molecule has 0 aromatic carbocycles. The molecule has 1 heterocycles. The van der Waals surface area contributed by atoms with Gasteiger partial charge in [0, 0.05) is 19.7 Å². The van der Waals surface area contributed by atoms with E-state index in [1.807, 2.05) is 0 Å². The number of hydrogen-bond donors (Lipinski definition) is 3. The van der Waals surface area contributed by atoms with Crippen LogP contribution in [0.1, 0.15) is 26.7 Å². The average Bonchev–Trinajstić information content (AvgIpc) is 2.70. The summed E-state index contributed by atoms with van der Waals surface area (Å²) in [5.74, 6) is 1.11. The lowest BCUT2D eigenvalue weighted by atomic mass is 9.96. The van der Waals surface area contributed by atoms with Gasteiger partial charge in [-0.25, -0.2) is 0 Å². The first kappa shape index (κ1) is 13.5. The summed E-state index contributed by atoms with van der Waals surface area (Å²) >= 11 is 0. The topological polar surface area (TPSA) is 61.4 Å². The average molecular weight is 228 g/mol. The van der Waals surface area contributed by atoms with Crippen molar-refractivity contribution in [2.75, 3.05) is 26.2 Å². The molecular weight excluding hydrogens is 204 g/mol. The van der Waals surface area contributed by atoms with Gasteiger partial charge >= 0.3 is 0 Å². The predicted octanol–water partition coefficient (Wildman–Crippen LogP) is 0.367. The first-order valence-corrected chi connectivity index (χ1v) is 6.28. The van der Waals surface area contributed by atoms with Crippen LogP contribution in [0.15, 0.2) is 0 Å². The Kier molecular flexibility index (Phi) is 5.77. The molecule has 4 heteroatoms. The normalized spacial score (nSPS) is 26.7. The summed E-state index contributed by atoms with van der Waals surface area (Å²) in [7, 11) is 0. The van der Waals surface area contributed by atoms with Crippen LogP contribution in [-0.2, 0) is 4.79 Å². The molecule has 4 nitrogen and oxygen atoms in total. The van der Waals surface area contributed by atoms with Crippen LogP contribution < -0.4 is 10.6 Å². The standard InChI is InChI=1S/C12H24N2O2/c1-3-10(4-5-15)7-14-12(16)11-8-13-6-9(11)2/h9-11,13,15H,3-8H2,1-2H3,(H,14,16). The molecule has 3 atom stereocenters. The van der Waals surface area contributed by atoms with Crippen molar-refractivity contribution in [2.45, 2.75) is 26.7 Å². The molecular formula is C12H24N2O2. The fourth-order valence-corrected chi connectivity index (χ4v) is 2.17. The molecule has 0 aliphatic carbocycles. The second-order valence-corrected chi connectivity index (χ2v) is 4.77. The Hall–Kier alpha value is -0.610. The van der Waals surface area contributed by atoms with E-state index in [-0.39, 0.29) is 18.4 Å². The summed E-state index contributed by atoms with van der Waals surface area (Å²) in [5.41, 5.74) is 0. The fraction of sp³-hybridized carbons (Fsp3) is 0.917. The molecule has 1 fully saturated rings. The Balaban J connectivity index is 2.28. The highest BCUT2D eigenvalue weighted by molar-refractivity contribution is 5.79. The van der Waals surface area contributed by atoms with Crippen molar-refractivity contribution >= 4 is 5.91 Å². The van der Waals surface area contributed by atoms with Gasteiger partial charge in [0.15, 0.2) is 0 Å². The van der Waals surface area contributed by atoms with E-state index in [0.717, 1.165) is 25.9 Å². The second-order valence-electron chi connectivity index (χ2n) is 4.77. The Morgan fingerprint density at radius 2 is 2.31 bits per heavy atom. The maximum atomic E-state index is 11.9. The zero-order chi connectivity index (χ0) is 12.0. The van der Waals surface area contributed by atoms with Gasteiger partial charge in [-0.05, 0) is 24.8 Å². The minimum Gasteiger partial charge on any atom is -0.396 e. The number of carbonyl (C=O) groups excluding carboxylic acids is 1. The van der Waals surface area contributed by atoms with Gasteiger partial charge < -0.3 is 15.7 Å². The molecule has 0 bridgehead atoms. The van der Waals surface area contributed by atoms with E-state index in [0.29, 0.717) is 18.4 Å². The third kappa shape index (κ3) is 3.76. The Bertz CT molecular complexity index is 221. The molecule has 0 aromatic heterocycles. The van der Waals surface area contributed by atoms with Crippen molar-refractivity contribution in [1.82, 2.24) is 10.6 Å². The van der Waals surface area contributed by atoms with Crippen LogP contribution in [-0.4, -0.2) is 37.3 Å². The quantitative estimate of drug-likeness (QED) is 0.615. The first-order chi connectivity index (χ1) is 7.69. The maximum Gasteiger partial charge on any atom is 0.224 e. The van der Waals surface area contributed by atoms with Crippen molar-refractivity contribution in [3.05, 3.63) is 0 Å². The van der Waals surface area contributed by atoms with Gasteiger partial charge in [-0.3, -0.25) is 4.79 Å². The number of nitrogens with one attached hydrogen (secondary N) is 2. The van der Waals surface area contributed by atoms with Crippen LogP contribution in [0.25, 0.3) is 0 Å². The number of amides is 1. The van der Waals surface area contributed by atoms with Gasteiger partial charge in [0.1, 0.15) is 0 Å². The predicted molar refractivity (Wildman–Crippen MR) is 64.0 cm³/mol. The molecule has 1 rings (SSSR count). The molecule has 1 amide bonds. The van der Waals surface area contributed by atoms with E-state index in [4.69, 9.17) is 5.11 Å². The number of aliphatic hydroxyl groups is 1. The number of aliphatic hydroxyl groups excluding tert-OH is 1. The molecule has 3 N–H and O–H groups in total. The molecule has 1 aliphatic rings. The molecule has 1 aliphatic heterocycles. The van der Waals surface area contributed by atoms with Crippen LogP contribution in [0.4, 0.5) is 0 Å². The molecule has 0 saturated carbocycles. The summed E-state index contributed by atoms with van der Waals surface area (Å²) in [4.78, 5) is 11.9. The summed E-state index contributed by atoms with van der Waals surface area (Å²) < 4.78 is 0. The first-order valence-electron chi connectivity index (χ1n) is 6.28. The fourth-order valence-electron chi connectivity index (χ4n) is 2.17. The third-order valence-electron chi connectivity index (χ3n) is 3.53. The largest absolute Gasteiger partial charge is 0.396 e. The second kappa shape index (κ2) is 6.86. The van der Waals surface area contributed by atoms with Gasteiger partial charge in [0.2, 0.25) is 5.91 Å². The maximum absolute atomic E-state index is 11.9. The highest BCUT2D eigenvalue weighted by atomic mass is 16.3. The zero-order valence-electron chi connectivity index (χ0n) is 10.3. The van der Waals surface area contributed by atoms with Crippen LogP contribution in [0.2, 0.25) is 0 Å². The van der Waals surface area contributed by atoms with E-state index in [1.54, 1.807) is 0 Å². The summed E-state index contributed by atoms with van der Waals surface area (Å²) in [6, 6.07) is 0. The smallest absolute Gasteiger partial charge is 0.224 e. The third-order valence-corrected chi connectivity index (χ3v) is 3.53. The lowest BCUT2D eigenvalue weighted by molar-refractivity contribution is -0.125. The molecule has 94 valence electrons. The van der Waals surface area contributed by atoms with Crippen LogP contribution in [0.3, 0.4) is 0 Å². The van der Waals surface area contributed by atoms with Crippen molar-refractivity contribution in [1.29, 1.82) is 0 Å². The minimum atomic E-state index is 0.117. The van der Waals surface area contributed by atoms with Crippen LogP contribution >= 0.6 is 0 Å². The molecule has 3 unspecified atom stereocenters. The van der Waals surface area contributed by atoms with Crippen molar-refractivity contribution in [3.63, 3.8) is 0 Å². The zero-order valence-corrected chi connectivity index (χ0v) is 10.3. The van der Waals surface area contributed by atoms with E-state index >= 15 is 0 Å². The van der Waals surface area contributed by atoms with Crippen LogP contribution in [0, 0.1) is 17.8 Å². The number of hydrogen-bond acceptors (Lipinski definition) is 3. The summed E-state index contributed by atoms with van der Waals surface area (Å²) in [5, 5.41) is 15.1.